The normalized spacial score (nSPS) is 13.6. The maximum absolute atomic E-state index is 11.0. The van der Waals surface area contributed by atoms with E-state index in [2.05, 4.69) is 27.5 Å². The van der Waals surface area contributed by atoms with E-state index < -0.39 is 11.0 Å². The Labute approximate surface area is 281 Å². The van der Waals surface area contributed by atoms with Crippen molar-refractivity contribution in [3.8, 4) is 17.4 Å². The van der Waals surface area contributed by atoms with E-state index in [1.54, 1.807) is 25.3 Å². The molecule has 4 heterocycles. The minimum atomic E-state index is -1.12. The van der Waals surface area contributed by atoms with Crippen molar-refractivity contribution >= 4 is 0 Å². The number of phenols is 1. The number of pyridine rings is 3. The van der Waals surface area contributed by atoms with E-state index in [-0.39, 0.29) is 39.1 Å². The van der Waals surface area contributed by atoms with Crippen LogP contribution in [-0.2, 0) is 35.9 Å². The summed E-state index contributed by atoms with van der Waals surface area (Å²) in [5.41, 5.74) is 1.56. The van der Waals surface area contributed by atoms with E-state index in [0.29, 0.717) is 40.2 Å². The van der Waals surface area contributed by atoms with Crippen molar-refractivity contribution in [1.29, 1.82) is 0 Å². The van der Waals surface area contributed by atoms with Gasteiger partial charge >= 0.3 is 0 Å². The zero-order valence-corrected chi connectivity index (χ0v) is 28.0. The fourth-order valence-corrected chi connectivity index (χ4v) is 5.32. The van der Waals surface area contributed by atoms with Crippen molar-refractivity contribution in [3.05, 3.63) is 156 Å². The fraction of sp³-hybridized carbons (Fsp3) is 0.194. The van der Waals surface area contributed by atoms with Crippen molar-refractivity contribution in [2.45, 2.75) is 31.8 Å². The van der Waals surface area contributed by atoms with Gasteiger partial charge in [-0.25, -0.2) is 10.1 Å². The first kappa shape index (κ1) is 32.6. The maximum atomic E-state index is 11.0. The topological polar surface area (TPSA) is 108 Å². The number of ether oxygens (including phenoxy) is 2. The minimum Gasteiger partial charge on any atom is -0.508 e. The molecular weight excluding hydrogens is 757 g/mol. The molecule has 1 N–H and O–H groups in total. The van der Waals surface area contributed by atoms with Gasteiger partial charge in [-0.2, -0.15) is 30.3 Å². The predicted molar refractivity (Wildman–Crippen MR) is 168 cm³/mol. The van der Waals surface area contributed by atoms with Crippen molar-refractivity contribution in [2.24, 2.45) is 0 Å². The molecule has 0 spiro atoms. The number of benzene rings is 2. The van der Waals surface area contributed by atoms with Crippen molar-refractivity contribution < 1.29 is 34.7 Å². The molecule has 46 heavy (non-hydrogen) atoms. The molecular formula is C36H32IrN6O3-2. The molecule has 2 atom stereocenters. The molecule has 0 aliphatic carbocycles. The van der Waals surface area contributed by atoms with Gasteiger partial charge in [-0.1, -0.05) is 42.5 Å². The van der Waals surface area contributed by atoms with Gasteiger partial charge in [0.2, 0.25) is 5.88 Å². The average molecular weight is 789 g/mol. The van der Waals surface area contributed by atoms with Crippen LogP contribution in [0.15, 0.2) is 109 Å². The summed E-state index contributed by atoms with van der Waals surface area (Å²) in [4.78, 5) is 18.5. The van der Waals surface area contributed by atoms with Gasteiger partial charge in [0, 0.05) is 55.5 Å². The molecule has 0 bridgehead atoms. The Kier molecular flexibility index (Phi) is 10.0. The van der Waals surface area contributed by atoms with Gasteiger partial charge in [-0.15, -0.1) is 5.56 Å². The maximum Gasteiger partial charge on any atom is 0.213 e. The SMILES string of the molecule is Cc1n[c-]n(-c2cccc(C(C)(OCCOc3ccccn3)c3cccc(C(C)(c4[c-]cccc4)c4ccccc4O)n3)n2)n1.[Ir]. The number of aryl methyl sites for hydroxylation is 1. The number of aromatic nitrogens is 6. The van der Waals surface area contributed by atoms with Gasteiger partial charge in [0.25, 0.3) is 0 Å². The molecule has 0 saturated carbocycles. The van der Waals surface area contributed by atoms with Crippen LogP contribution in [0.2, 0.25) is 0 Å². The third kappa shape index (κ3) is 6.60. The Bertz CT molecular complexity index is 1890. The molecule has 9 nitrogen and oxygen atoms in total. The Morgan fingerprint density at radius 1 is 0.804 bits per heavy atom. The van der Waals surface area contributed by atoms with Crippen molar-refractivity contribution in [2.75, 3.05) is 13.2 Å². The molecule has 0 fully saturated rings. The second-order valence-corrected chi connectivity index (χ2v) is 10.8. The summed E-state index contributed by atoms with van der Waals surface area (Å²) in [6.07, 6.45) is 4.54. The average Bonchev–Trinajstić information content (AvgIpc) is 3.53. The predicted octanol–water partition coefficient (Wildman–Crippen LogP) is 5.78. The van der Waals surface area contributed by atoms with Crippen LogP contribution in [0.3, 0.4) is 0 Å². The number of hydrogen-bond donors (Lipinski definition) is 1. The Morgan fingerprint density at radius 2 is 1.54 bits per heavy atom. The third-order valence-electron chi connectivity index (χ3n) is 7.79. The van der Waals surface area contributed by atoms with Crippen LogP contribution in [-0.4, -0.2) is 48.0 Å². The van der Waals surface area contributed by atoms with Crippen LogP contribution in [0.25, 0.3) is 5.82 Å². The zero-order chi connectivity index (χ0) is 31.3. The Morgan fingerprint density at radius 3 is 2.26 bits per heavy atom. The summed E-state index contributed by atoms with van der Waals surface area (Å²) in [7, 11) is 0. The molecule has 4 aromatic heterocycles. The van der Waals surface area contributed by atoms with Gasteiger partial charge < -0.3 is 24.2 Å². The second-order valence-electron chi connectivity index (χ2n) is 10.8. The molecule has 6 aromatic rings. The first-order chi connectivity index (χ1) is 21.9. The number of para-hydroxylation sites is 1. The first-order valence-corrected chi connectivity index (χ1v) is 14.6. The molecule has 0 saturated heterocycles. The zero-order valence-electron chi connectivity index (χ0n) is 25.6. The van der Waals surface area contributed by atoms with Gasteiger partial charge in [0.1, 0.15) is 18.0 Å². The molecule has 0 aliphatic rings. The van der Waals surface area contributed by atoms with E-state index in [1.165, 1.54) is 4.68 Å². The summed E-state index contributed by atoms with van der Waals surface area (Å²) in [6, 6.07) is 35.4. The van der Waals surface area contributed by atoms with Gasteiger partial charge in [-0.05, 0) is 51.1 Å². The van der Waals surface area contributed by atoms with E-state index in [1.807, 2.05) is 105 Å². The largest absolute Gasteiger partial charge is 0.508 e. The monoisotopic (exact) mass is 789 g/mol. The summed E-state index contributed by atoms with van der Waals surface area (Å²) in [5, 5.41) is 15.4. The van der Waals surface area contributed by atoms with Crippen molar-refractivity contribution in [3.63, 3.8) is 0 Å². The van der Waals surface area contributed by atoms with Crippen LogP contribution < -0.4 is 4.74 Å². The van der Waals surface area contributed by atoms with Crippen LogP contribution >= 0.6 is 0 Å². The molecule has 1 radical (unpaired) electrons. The van der Waals surface area contributed by atoms with Crippen LogP contribution in [0.5, 0.6) is 11.6 Å². The van der Waals surface area contributed by atoms with Crippen LogP contribution in [0.1, 0.15) is 47.9 Å². The molecule has 0 amide bonds. The van der Waals surface area contributed by atoms with Gasteiger partial charge in [-0.3, -0.25) is 9.97 Å². The first-order valence-electron chi connectivity index (χ1n) is 14.6. The summed E-state index contributed by atoms with van der Waals surface area (Å²) >= 11 is 0. The number of rotatable bonds is 11. The van der Waals surface area contributed by atoms with Gasteiger partial charge in [0.15, 0.2) is 0 Å². The van der Waals surface area contributed by atoms with Crippen molar-refractivity contribution in [1.82, 2.24) is 29.7 Å². The molecule has 2 unspecified atom stereocenters. The number of hydrogen-bond acceptors (Lipinski definition) is 8. The van der Waals surface area contributed by atoms with E-state index in [0.717, 1.165) is 5.56 Å². The number of nitrogens with zero attached hydrogens (tertiary/aromatic N) is 6. The summed E-state index contributed by atoms with van der Waals surface area (Å²) in [6.45, 7) is 6.26. The minimum absolute atomic E-state index is 0. The molecule has 235 valence electrons. The van der Waals surface area contributed by atoms with E-state index in [9.17, 15) is 5.11 Å². The van der Waals surface area contributed by atoms with E-state index >= 15 is 0 Å². The summed E-state index contributed by atoms with van der Waals surface area (Å²) in [5.74, 6) is 1.81. The van der Waals surface area contributed by atoms with E-state index in [4.69, 9.17) is 19.4 Å². The number of aromatic hydroxyl groups is 1. The molecule has 6 rings (SSSR count). The van der Waals surface area contributed by atoms with Crippen LogP contribution in [0.4, 0.5) is 0 Å². The standard InChI is InChI=1S/C36H32N6O3.Ir/c1-26-38-25-42(41-26)33-20-12-19-32(40-33)36(3,45-24-23-44-34-21-9-10-22-37-34)31-18-11-17-30(39-31)35(2,27-13-5-4-6-14-27)28-15-7-8-16-29(28)43;/h4-13,15-22,43H,23-24H2,1-3H3;/q-2;. The second kappa shape index (κ2) is 14.1. The Balaban J connectivity index is 0.00000417. The fourth-order valence-electron chi connectivity index (χ4n) is 5.32. The summed E-state index contributed by atoms with van der Waals surface area (Å²) < 4.78 is 14.0. The van der Waals surface area contributed by atoms with Crippen LogP contribution in [0, 0.1) is 19.3 Å². The number of phenolic OH excluding ortho intramolecular Hbond substituents is 1. The molecule has 2 aromatic carbocycles. The molecule has 10 heteroatoms. The molecule has 0 aliphatic heterocycles. The van der Waals surface area contributed by atoms with Gasteiger partial charge in [0.05, 0.1) is 29.5 Å². The smallest absolute Gasteiger partial charge is 0.213 e. The Hall–Kier alpha value is -4.76. The third-order valence-corrected chi connectivity index (χ3v) is 7.79. The quantitative estimate of drug-likeness (QED) is 0.130.